The van der Waals surface area contributed by atoms with Crippen LogP contribution in [0.25, 0.3) is 0 Å². The van der Waals surface area contributed by atoms with Crippen LogP contribution in [0.1, 0.15) is 20.8 Å². The van der Waals surface area contributed by atoms with Crippen molar-refractivity contribution in [2.75, 3.05) is 23.4 Å². The van der Waals surface area contributed by atoms with Gasteiger partial charge in [0.25, 0.3) is 0 Å². The third-order valence-corrected chi connectivity index (χ3v) is 2.85. The second kappa shape index (κ2) is 5.90. The van der Waals surface area contributed by atoms with Gasteiger partial charge in [-0.05, 0) is 27.0 Å². The number of nitrogens with two attached hydrogens (primary N) is 1. The van der Waals surface area contributed by atoms with Gasteiger partial charge >= 0.3 is 0 Å². The molecule has 1 rings (SSSR count). The highest BCUT2D eigenvalue weighted by atomic mass is 32.2. The van der Waals surface area contributed by atoms with E-state index in [1.54, 1.807) is 19.9 Å². The highest BCUT2D eigenvalue weighted by Crippen LogP contribution is 2.20. The van der Waals surface area contributed by atoms with E-state index in [0.29, 0.717) is 11.0 Å². The summed E-state index contributed by atoms with van der Waals surface area (Å²) in [6.07, 6.45) is 1.90. The number of aromatic nitrogens is 2. The summed E-state index contributed by atoms with van der Waals surface area (Å²) in [5, 5.41) is 6.76. The van der Waals surface area contributed by atoms with Crippen molar-refractivity contribution in [3.05, 3.63) is 6.07 Å². The van der Waals surface area contributed by atoms with E-state index in [1.807, 2.05) is 13.2 Å². The van der Waals surface area contributed by atoms with Crippen LogP contribution < -0.4 is 16.4 Å². The molecule has 0 spiro atoms. The highest BCUT2D eigenvalue weighted by molar-refractivity contribution is 7.98. The molecule has 4 N–H and O–H groups in total. The van der Waals surface area contributed by atoms with E-state index in [4.69, 9.17) is 5.73 Å². The van der Waals surface area contributed by atoms with Crippen LogP contribution >= 0.6 is 11.8 Å². The molecule has 0 aliphatic carbocycles. The van der Waals surface area contributed by atoms with Gasteiger partial charge in [-0.2, -0.15) is 0 Å². The number of hydrogen-bond acceptors (Lipinski definition) is 6. The Morgan fingerprint density at radius 3 is 2.56 bits per heavy atom. The van der Waals surface area contributed by atoms with Crippen LogP contribution in [0.4, 0.5) is 11.6 Å². The van der Waals surface area contributed by atoms with E-state index in [2.05, 4.69) is 20.6 Å². The van der Waals surface area contributed by atoms with Gasteiger partial charge in [0.05, 0.1) is 0 Å². The predicted molar refractivity (Wildman–Crippen MR) is 74.9 cm³/mol. The number of carbonyl (C=O) groups excluding carboxylic acids is 1. The van der Waals surface area contributed by atoms with Crippen LogP contribution in [0.2, 0.25) is 0 Å². The minimum Gasteiger partial charge on any atom is -0.370 e. The number of nitrogens with zero attached hydrogens (tertiary/aromatic N) is 2. The number of rotatable bonds is 6. The van der Waals surface area contributed by atoms with Crippen molar-refractivity contribution in [2.45, 2.75) is 31.5 Å². The quantitative estimate of drug-likeness (QED) is 0.532. The number of amides is 1. The third-order valence-electron chi connectivity index (χ3n) is 2.30. The largest absolute Gasteiger partial charge is 0.370 e. The Bertz CT molecular complexity index is 435. The number of primary amides is 1. The molecule has 0 saturated heterocycles. The maximum absolute atomic E-state index is 11.3. The number of nitrogens with one attached hydrogen (secondary N) is 2. The summed E-state index contributed by atoms with van der Waals surface area (Å²) >= 11 is 1.44. The van der Waals surface area contributed by atoms with Gasteiger partial charge in [0.1, 0.15) is 17.2 Å². The van der Waals surface area contributed by atoms with Crippen LogP contribution in [0.5, 0.6) is 0 Å². The van der Waals surface area contributed by atoms with Gasteiger partial charge in [-0.15, -0.1) is 0 Å². The average Bonchev–Trinajstić information content (AvgIpc) is 2.28. The zero-order valence-corrected chi connectivity index (χ0v) is 11.9. The SMILES string of the molecule is CCNc1cc(NC(C)(C)C(N)=O)nc(SC)n1. The summed E-state index contributed by atoms with van der Waals surface area (Å²) < 4.78 is 0. The maximum Gasteiger partial charge on any atom is 0.242 e. The average molecular weight is 269 g/mol. The molecule has 0 fully saturated rings. The number of anilines is 2. The fourth-order valence-corrected chi connectivity index (χ4v) is 1.61. The third kappa shape index (κ3) is 3.76. The topological polar surface area (TPSA) is 92.9 Å². The standard InChI is InChI=1S/C11H19N5OS/c1-5-13-7-6-8(15-10(14-7)18-4)16-11(2,3)9(12)17/h6H,5H2,1-4H3,(H2,12,17)(H2,13,14,15,16). The number of thioether (sulfide) groups is 1. The molecule has 1 heterocycles. The lowest BCUT2D eigenvalue weighted by molar-refractivity contribution is -0.121. The molecule has 0 aliphatic rings. The molecule has 1 amide bonds. The van der Waals surface area contributed by atoms with Crippen molar-refractivity contribution in [3.8, 4) is 0 Å². The van der Waals surface area contributed by atoms with Crippen LogP contribution in [0.15, 0.2) is 11.2 Å². The molecule has 100 valence electrons. The lowest BCUT2D eigenvalue weighted by atomic mass is 10.1. The molecule has 0 radical (unpaired) electrons. The first-order valence-electron chi connectivity index (χ1n) is 5.64. The molecule has 0 unspecified atom stereocenters. The Hall–Kier alpha value is -1.50. The molecule has 0 aromatic carbocycles. The predicted octanol–water partition coefficient (Wildman–Crippen LogP) is 1.31. The Labute approximate surface area is 111 Å². The van der Waals surface area contributed by atoms with Gasteiger partial charge in [0.2, 0.25) is 5.91 Å². The highest BCUT2D eigenvalue weighted by Gasteiger charge is 2.25. The first-order chi connectivity index (χ1) is 8.39. The smallest absolute Gasteiger partial charge is 0.242 e. The van der Waals surface area contributed by atoms with E-state index in [-0.39, 0.29) is 0 Å². The molecular weight excluding hydrogens is 250 g/mol. The number of hydrogen-bond donors (Lipinski definition) is 3. The van der Waals surface area contributed by atoms with Crippen molar-refractivity contribution < 1.29 is 4.79 Å². The van der Waals surface area contributed by atoms with Gasteiger partial charge in [-0.25, -0.2) is 9.97 Å². The van der Waals surface area contributed by atoms with E-state index in [1.165, 1.54) is 11.8 Å². The van der Waals surface area contributed by atoms with Crippen molar-refractivity contribution in [1.82, 2.24) is 9.97 Å². The second-order valence-electron chi connectivity index (χ2n) is 4.27. The summed E-state index contributed by atoms with van der Waals surface area (Å²) in [5.41, 5.74) is 4.47. The van der Waals surface area contributed by atoms with Crippen LogP contribution in [-0.2, 0) is 4.79 Å². The summed E-state index contributed by atoms with van der Waals surface area (Å²) in [6.45, 7) is 6.18. The van der Waals surface area contributed by atoms with E-state index in [0.717, 1.165) is 12.4 Å². The molecule has 18 heavy (non-hydrogen) atoms. The summed E-state index contributed by atoms with van der Waals surface area (Å²) in [4.78, 5) is 19.9. The Morgan fingerprint density at radius 2 is 2.06 bits per heavy atom. The summed E-state index contributed by atoms with van der Waals surface area (Å²) in [5.74, 6) is 0.866. The van der Waals surface area contributed by atoms with E-state index < -0.39 is 11.4 Å². The van der Waals surface area contributed by atoms with Crippen LogP contribution in [0.3, 0.4) is 0 Å². The van der Waals surface area contributed by atoms with Gasteiger partial charge in [-0.1, -0.05) is 11.8 Å². The van der Waals surface area contributed by atoms with Crippen molar-refractivity contribution in [1.29, 1.82) is 0 Å². The molecule has 0 aliphatic heterocycles. The first-order valence-corrected chi connectivity index (χ1v) is 6.86. The Kier molecular flexibility index (Phi) is 4.77. The monoisotopic (exact) mass is 269 g/mol. The zero-order valence-electron chi connectivity index (χ0n) is 11.1. The van der Waals surface area contributed by atoms with Gasteiger partial charge in [0.15, 0.2) is 5.16 Å². The van der Waals surface area contributed by atoms with Crippen molar-refractivity contribution in [2.24, 2.45) is 5.73 Å². The van der Waals surface area contributed by atoms with E-state index in [9.17, 15) is 4.79 Å². The van der Waals surface area contributed by atoms with Gasteiger partial charge in [0, 0.05) is 12.6 Å². The molecule has 7 heteroatoms. The zero-order chi connectivity index (χ0) is 13.8. The summed E-state index contributed by atoms with van der Waals surface area (Å²) in [6, 6.07) is 1.76. The lowest BCUT2D eigenvalue weighted by Crippen LogP contribution is -2.45. The first kappa shape index (κ1) is 14.6. The molecule has 0 bridgehead atoms. The normalized spacial score (nSPS) is 11.1. The van der Waals surface area contributed by atoms with Crippen LogP contribution in [-0.4, -0.2) is 34.2 Å². The molecule has 1 aromatic heterocycles. The molecular formula is C11H19N5OS. The maximum atomic E-state index is 11.3. The molecule has 0 saturated carbocycles. The fraction of sp³-hybridized carbons (Fsp3) is 0.545. The van der Waals surface area contributed by atoms with E-state index >= 15 is 0 Å². The van der Waals surface area contributed by atoms with Crippen molar-refractivity contribution in [3.63, 3.8) is 0 Å². The lowest BCUT2D eigenvalue weighted by Gasteiger charge is -2.23. The van der Waals surface area contributed by atoms with Crippen LogP contribution in [0, 0.1) is 0 Å². The second-order valence-corrected chi connectivity index (χ2v) is 5.04. The Balaban J connectivity index is 3.01. The van der Waals surface area contributed by atoms with Gasteiger partial charge in [-0.3, -0.25) is 4.79 Å². The van der Waals surface area contributed by atoms with Gasteiger partial charge < -0.3 is 16.4 Å². The Morgan fingerprint density at radius 1 is 1.44 bits per heavy atom. The molecule has 1 aromatic rings. The molecule has 0 atom stereocenters. The minimum absolute atomic E-state index is 0.434. The minimum atomic E-state index is -0.854. The molecule has 6 nitrogen and oxygen atoms in total. The number of carbonyl (C=O) groups is 1. The summed E-state index contributed by atoms with van der Waals surface area (Å²) in [7, 11) is 0. The fourth-order valence-electron chi connectivity index (χ4n) is 1.23. The van der Waals surface area contributed by atoms with Crippen molar-refractivity contribution >= 4 is 29.3 Å².